The number of nitrogens with two attached hydrogens (primary N) is 1. The Bertz CT molecular complexity index is 1780. The van der Waals surface area contributed by atoms with E-state index >= 15 is 0 Å². The zero-order valence-electron chi connectivity index (χ0n) is 21.2. The van der Waals surface area contributed by atoms with E-state index in [0.29, 0.717) is 16.7 Å². The van der Waals surface area contributed by atoms with Crippen molar-refractivity contribution >= 4 is 42.4 Å². The summed E-state index contributed by atoms with van der Waals surface area (Å²) in [6.07, 6.45) is -2.02. The molecule has 0 fully saturated rings. The number of sulfonamides is 1. The van der Waals surface area contributed by atoms with E-state index in [1.165, 1.54) is 43.6 Å². The van der Waals surface area contributed by atoms with Gasteiger partial charge in [-0.15, -0.1) is 0 Å². The number of anilines is 2. The summed E-state index contributed by atoms with van der Waals surface area (Å²) < 4.78 is 91.7. The molecule has 0 saturated carbocycles. The number of halogens is 3. The third-order valence-corrected chi connectivity index (χ3v) is 7.81. The Morgan fingerprint density at radius 2 is 1.65 bits per heavy atom. The van der Waals surface area contributed by atoms with Crippen LogP contribution in [0.4, 0.5) is 24.7 Å². The van der Waals surface area contributed by atoms with Crippen molar-refractivity contribution in [1.82, 2.24) is 9.97 Å². The third kappa shape index (κ3) is 6.97. The summed E-state index contributed by atoms with van der Waals surface area (Å²) in [5.74, 6) is 0.376. The molecular weight excluding hydrogens is 571 g/mol. The summed E-state index contributed by atoms with van der Waals surface area (Å²) in [6, 6.07) is 13.2. The highest BCUT2D eigenvalue weighted by Crippen LogP contribution is 2.33. The van der Waals surface area contributed by atoms with Gasteiger partial charge in [0.15, 0.2) is 15.5 Å². The Morgan fingerprint density at radius 1 is 0.950 bits per heavy atom. The fourth-order valence-corrected chi connectivity index (χ4v) is 5.20. The van der Waals surface area contributed by atoms with Gasteiger partial charge in [0.1, 0.15) is 23.0 Å². The highest BCUT2D eigenvalue weighted by atomic mass is 32.2. The van der Waals surface area contributed by atoms with Gasteiger partial charge >= 0.3 is 6.18 Å². The van der Waals surface area contributed by atoms with Crippen LogP contribution in [0.1, 0.15) is 5.56 Å². The standard InChI is InChI=1S/C25H24F3N5O5S2/c1-38-21-8-5-16(10-22(21)39(2,34)35)17-9-19-20(32-14-25(26,27)28)11-23(33-24(19)31-13-17)30-12-15-3-6-18(7-4-15)40(29,36)37/h3-11,13H,12,14H2,1-2H3,(H2,29,36,37)(H2,30,31,32,33). The molecule has 4 N–H and O–H groups in total. The van der Waals surface area contributed by atoms with Crippen LogP contribution in [0.3, 0.4) is 0 Å². The summed E-state index contributed by atoms with van der Waals surface area (Å²) in [5, 5.41) is 10.8. The first-order valence-corrected chi connectivity index (χ1v) is 14.9. The van der Waals surface area contributed by atoms with Crippen LogP contribution < -0.4 is 20.5 Å². The van der Waals surface area contributed by atoms with E-state index in [-0.39, 0.29) is 44.6 Å². The van der Waals surface area contributed by atoms with E-state index < -0.39 is 32.6 Å². The number of alkyl halides is 3. The van der Waals surface area contributed by atoms with Crippen molar-refractivity contribution in [3.05, 3.63) is 66.4 Å². The van der Waals surface area contributed by atoms with Crippen LogP contribution in [-0.2, 0) is 26.4 Å². The number of aromatic nitrogens is 2. The van der Waals surface area contributed by atoms with E-state index in [0.717, 1.165) is 6.26 Å². The molecule has 2 heterocycles. The fourth-order valence-electron chi connectivity index (χ4n) is 3.83. The lowest BCUT2D eigenvalue weighted by molar-refractivity contribution is -0.115. The van der Waals surface area contributed by atoms with Gasteiger partial charge in [0.05, 0.1) is 12.0 Å². The normalized spacial score (nSPS) is 12.3. The first kappa shape index (κ1) is 29.0. The molecule has 4 aromatic rings. The van der Waals surface area contributed by atoms with Gasteiger partial charge in [0, 0.05) is 41.7 Å². The van der Waals surface area contributed by atoms with Gasteiger partial charge in [-0.25, -0.2) is 31.9 Å². The Balaban J connectivity index is 1.71. The van der Waals surface area contributed by atoms with Crippen molar-refractivity contribution in [3.63, 3.8) is 0 Å². The average Bonchev–Trinajstić information content (AvgIpc) is 2.88. The summed E-state index contributed by atoms with van der Waals surface area (Å²) >= 11 is 0. The molecule has 2 aromatic heterocycles. The number of methoxy groups -OCH3 is 1. The Hall–Kier alpha value is -3.95. The van der Waals surface area contributed by atoms with Crippen molar-refractivity contribution in [3.8, 4) is 16.9 Å². The molecule has 15 heteroatoms. The number of hydrogen-bond acceptors (Lipinski definition) is 9. The predicted octanol–water partition coefficient (Wildman–Crippen LogP) is 3.94. The van der Waals surface area contributed by atoms with Gasteiger partial charge in [0.25, 0.3) is 0 Å². The number of sulfone groups is 1. The topological polar surface area (TPSA) is 153 Å². The number of rotatable bonds is 9. The first-order valence-electron chi connectivity index (χ1n) is 11.5. The minimum Gasteiger partial charge on any atom is -0.495 e. The van der Waals surface area contributed by atoms with Crippen LogP contribution in [0, 0.1) is 0 Å². The van der Waals surface area contributed by atoms with Crippen molar-refractivity contribution in [1.29, 1.82) is 0 Å². The van der Waals surface area contributed by atoms with Crippen molar-refractivity contribution in [2.45, 2.75) is 22.5 Å². The van der Waals surface area contributed by atoms with E-state index in [1.54, 1.807) is 24.3 Å². The SMILES string of the molecule is COc1ccc(-c2cnc3nc(NCc4ccc(S(N)(=O)=O)cc4)cc(NCC(F)(F)F)c3c2)cc1S(C)(=O)=O. The average molecular weight is 596 g/mol. The van der Waals surface area contributed by atoms with Crippen molar-refractivity contribution in [2.75, 3.05) is 30.5 Å². The molecule has 0 radical (unpaired) electrons. The minimum atomic E-state index is -4.50. The lowest BCUT2D eigenvalue weighted by Gasteiger charge is -2.15. The Kier molecular flexibility index (Phi) is 7.92. The number of nitrogens with zero attached hydrogens (tertiary/aromatic N) is 2. The van der Waals surface area contributed by atoms with E-state index in [2.05, 4.69) is 20.6 Å². The molecule has 0 atom stereocenters. The monoisotopic (exact) mass is 595 g/mol. The maximum atomic E-state index is 13.1. The van der Waals surface area contributed by atoms with Crippen LogP contribution in [-0.4, -0.2) is 52.9 Å². The fraction of sp³-hybridized carbons (Fsp3) is 0.200. The number of nitrogens with one attached hydrogen (secondary N) is 2. The Morgan fingerprint density at radius 3 is 2.25 bits per heavy atom. The summed E-state index contributed by atoms with van der Waals surface area (Å²) in [5.41, 5.74) is 1.82. The van der Waals surface area contributed by atoms with Gasteiger partial charge in [-0.05, 0) is 41.5 Å². The van der Waals surface area contributed by atoms with Gasteiger partial charge in [-0.2, -0.15) is 13.2 Å². The maximum Gasteiger partial charge on any atom is 0.405 e. The van der Waals surface area contributed by atoms with Crippen LogP contribution in [0.25, 0.3) is 22.2 Å². The number of hydrogen-bond donors (Lipinski definition) is 3. The van der Waals surface area contributed by atoms with Gasteiger partial charge in [-0.3, -0.25) is 0 Å². The number of primary sulfonamides is 1. The van der Waals surface area contributed by atoms with Gasteiger partial charge in [-0.1, -0.05) is 18.2 Å². The van der Waals surface area contributed by atoms with Crippen molar-refractivity contribution in [2.24, 2.45) is 5.14 Å². The maximum absolute atomic E-state index is 13.1. The molecule has 0 spiro atoms. The molecule has 212 valence electrons. The molecule has 4 rings (SSSR count). The van der Waals surface area contributed by atoms with E-state index in [4.69, 9.17) is 9.88 Å². The van der Waals surface area contributed by atoms with Crippen LogP contribution in [0.15, 0.2) is 70.6 Å². The van der Waals surface area contributed by atoms with Crippen LogP contribution in [0.2, 0.25) is 0 Å². The zero-order chi connectivity index (χ0) is 29.3. The zero-order valence-corrected chi connectivity index (χ0v) is 22.8. The Labute approximate surface area is 228 Å². The molecule has 0 aliphatic rings. The van der Waals surface area contributed by atoms with Crippen LogP contribution in [0.5, 0.6) is 5.75 Å². The largest absolute Gasteiger partial charge is 0.495 e. The second-order valence-electron chi connectivity index (χ2n) is 8.80. The smallest absolute Gasteiger partial charge is 0.405 e. The minimum absolute atomic E-state index is 0.0437. The third-order valence-electron chi connectivity index (χ3n) is 5.77. The molecule has 0 aliphatic carbocycles. The quantitative estimate of drug-likeness (QED) is 0.261. The first-order chi connectivity index (χ1) is 18.6. The molecular formula is C25H24F3N5O5S2. The number of fused-ring (bicyclic) bond motifs is 1. The molecule has 2 aromatic carbocycles. The van der Waals surface area contributed by atoms with Crippen LogP contribution >= 0.6 is 0 Å². The molecule has 10 nitrogen and oxygen atoms in total. The summed E-state index contributed by atoms with van der Waals surface area (Å²) in [4.78, 5) is 8.61. The number of ether oxygens (including phenoxy) is 1. The number of benzene rings is 2. The summed E-state index contributed by atoms with van der Waals surface area (Å²) in [6.45, 7) is -1.13. The molecule has 0 unspecified atom stereocenters. The van der Waals surface area contributed by atoms with E-state index in [1.807, 2.05) is 0 Å². The second-order valence-corrected chi connectivity index (χ2v) is 12.3. The summed E-state index contributed by atoms with van der Waals surface area (Å²) in [7, 11) is -6.14. The molecule has 0 aliphatic heterocycles. The highest BCUT2D eigenvalue weighted by molar-refractivity contribution is 7.90. The molecule has 0 amide bonds. The molecule has 40 heavy (non-hydrogen) atoms. The van der Waals surface area contributed by atoms with Gasteiger partial charge < -0.3 is 15.4 Å². The molecule has 0 bridgehead atoms. The van der Waals surface area contributed by atoms with E-state index in [9.17, 15) is 30.0 Å². The lowest BCUT2D eigenvalue weighted by atomic mass is 10.1. The number of pyridine rings is 2. The second kappa shape index (κ2) is 10.9. The van der Waals surface area contributed by atoms with Crippen molar-refractivity contribution < 1.29 is 34.7 Å². The molecule has 0 saturated heterocycles. The predicted molar refractivity (Wildman–Crippen MR) is 144 cm³/mol. The van der Waals surface area contributed by atoms with Gasteiger partial charge in [0.2, 0.25) is 10.0 Å². The highest BCUT2D eigenvalue weighted by Gasteiger charge is 2.27. The lowest BCUT2D eigenvalue weighted by Crippen LogP contribution is -2.21.